The number of amides is 2. The lowest BCUT2D eigenvalue weighted by Gasteiger charge is -2.24. The van der Waals surface area contributed by atoms with E-state index in [9.17, 15) is 19.5 Å². The molecular weight excluding hydrogens is 308 g/mol. The maximum absolute atomic E-state index is 12.1. The van der Waals surface area contributed by atoms with Gasteiger partial charge in [0, 0.05) is 0 Å². The third-order valence-electron chi connectivity index (χ3n) is 3.05. The molecular formula is C14H20N2O5S. The molecule has 0 saturated heterocycles. The van der Waals surface area contributed by atoms with Gasteiger partial charge in [-0.15, -0.1) is 11.3 Å². The highest BCUT2D eigenvalue weighted by molar-refractivity contribution is 7.12. The first-order valence-corrected chi connectivity index (χ1v) is 7.61. The third-order valence-corrected chi connectivity index (χ3v) is 3.92. The van der Waals surface area contributed by atoms with Gasteiger partial charge in [-0.2, -0.15) is 0 Å². The minimum atomic E-state index is -2.06. The molecule has 0 spiro atoms. The van der Waals surface area contributed by atoms with Crippen molar-refractivity contribution in [1.29, 1.82) is 0 Å². The topological polar surface area (TPSA) is 116 Å². The third kappa shape index (κ3) is 4.81. The highest BCUT2D eigenvalue weighted by Crippen LogP contribution is 2.10. The zero-order valence-corrected chi connectivity index (χ0v) is 13.4. The van der Waals surface area contributed by atoms with Crippen molar-refractivity contribution in [2.75, 3.05) is 6.54 Å². The number of carboxylic acid groups (broad SMARTS) is 1. The van der Waals surface area contributed by atoms with E-state index in [1.54, 1.807) is 31.4 Å². The number of hydrogen-bond donors (Lipinski definition) is 4. The van der Waals surface area contributed by atoms with Crippen LogP contribution in [0, 0.1) is 5.92 Å². The van der Waals surface area contributed by atoms with Gasteiger partial charge in [0.1, 0.15) is 6.04 Å². The molecule has 8 heteroatoms. The zero-order chi connectivity index (χ0) is 16.9. The van der Waals surface area contributed by atoms with E-state index in [4.69, 9.17) is 5.11 Å². The number of thiophene rings is 1. The van der Waals surface area contributed by atoms with Crippen LogP contribution in [0.15, 0.2) is 17.5 Å². The molecule has 0 aromatic carbocycles. The van der Waals surface area contributed by atoms with E-state index in [0.717, 1.165) is 6.92 Å². The maximum Gasteiger partial charge on any atom is 0.337 e. The molecule has 0 bridgehead atoms. The number of carbonyl (C=O) groups excluding carboxylic acids is 2. The number of aliphatic hydroxyl groups is 1. The predicted molar refractivity (Wildman–Crippen MR) is 81.7 cm³/mol. The highest BCUT2D eigenvalue weighted by atomic mass is 32.1. The molecule has 4 N–H and O–H groups in total. The summed E-state index contributed by atoms with van der Waals surface area (Å²) in [5.41, 5.74) is -2.06. The molecule has 0 aliphatic carbocycles. The lowest BCUT2D eigenvalue weighted by atomic mass is 10.0. The maximum atomic E-state index is 12.1. The molecule has 2 unspecified atom stereocenters. The summed E-state index contributed by atoms with van der Waals surface area (Å²) in [6.45, 7) is 4.16. The molecule has 1 rings (SSSR count). The molecule has 2 atom stereocenters. The molecule has 1 aromatic rings. The van der Waals surface area contributed by atoms with Crippen LogP contribution < -0.4 is 10.6 Å². The van der Waals surface area contributed by atoms with E-state index in [1.165, 1.54) is 11.3 Å². The van der Waals surface area contributed by atoms with Gasteiger partial charge in [0.15, 0.2) is 5.60 Å². The minimum Gasteiger partial charge on any atom is -0.479 e. The summed E-state index contributed by atoms with van der Waals surface area (Å²) >= 11 is 1.26. The Bertz CT molecular complexity index is 539. The summed E-state index contributed by atoms with van der Waals surface area (Å²) in [6.07, 6.45) is 0. The van der Waals surface area contributed by atoms with Gasteiger partial charge < -0.3 is 20.8 Å². The Hall–Kier alpha value is -1.93. The summed E-state index contributed by atoms with van der Waals surface area (Å²) in [7, 11) is 0. The quantitative estimate of drug-likeness (QED) is 0.580. The molecule has 0 aliphatic rings. The van der Waals surface area contributed by atoms with E-state index in [1.807, 2.05) is 0 Å². The van der Waals surface area contributed by atoms with Crippen LogP contribution in [0.3, 0.4) is 0 Å². The van der Waals surface area contributed by atoms with Gasteiger partial charge in [0.25, 0.3) is 5.91 Å². The first-order chi connectivity index (χ1) is 10.1. The van der Waals surface area contributed by atoms with Crippen LogP contribution in [-0.4, -0.2) is 46.2 Å². The first-order valence-electron chi connectivity index (χ1n) is 6.73. The fraction of sp³-hybridized carbons (Fsp3) is 0.500. The van der Waals surface area contributed by atoms with E-state index in [2.05, 4.69) is 10.6 Å². The number of rotatable bonds is 7. The van der Waals surface area contributed by atoms with Gasteiger partial charge in [-0.05, 0) is 24.3 Å². The second kappa shape index (κ2) is 7.37. The smallest absolute Gasteiger partial charge is 0.337 e. The molecule has 1 heterocycles. The summed E-state index contributed by atoms with van der Waals surface area (Å²) in [4.78, 5) is 35.4. The average Bonchev–Trinajstić information content (AvgIpc) is 2.95. The zero-order valence-electron chi connectivity index (χ0n) is 12.6. The number of carbonyl (C=O) groups is 3. The van der Waals surface area contributed by atoms with Crippen molar-refractivity contribution in [3.05, 3.63) is 22.4 Å². The van der Waals surface area contributed by atoms with Crippen molar-refractivity contribution in [1.82, 2.24) is 10.6 Å². The van der Waals surface area contributed by atoms with E-state index in [-0.39, 0.29) is 11.8 Å². The molecule has 2 amide bonds. The minimum absolute atomic E-state index is 0.196. The Kier molecular flexibility index (Phi) is 6.07. The van der Waals surface area contributed by atoms with Gasteiger partial charge in [-0.25, -0.2) is 4.79 Å². The standard InChI is InChI=1S/C14H20N2O5S/c1-8(2)10(16-11(17)9-5-4-6-22-9)12(18)15-7-14(3,21)13(19)20/h4-6,8,10,21H,7H2,1-3H3,(H,15,18)(H,16,17)(H,19,20). The van der Waals surface area contributed by atoms with Crippen molar-refractivity contribution >= 4 is 29.1 Å². The molecule has 0 saturated carbocycles. The molecule has 22 heavy (non-hydrogen) atoms. The Labute approximate surface area is 132 Å². The van der Waals surface area contributed by atoms with Crippen molar-refractivity contribution < 1.29 is 24.6 Å². The number of hydrogen-bond acceptors (Lipinski definition) is 5. The van der Waals surface area contributed by atoms with Crippen molar-refractivity contribution in [2.24, 2.45) is 5.92 Å². The molecule has 1 aromatic heterocycles. The first kappa shape index (κ1) is 18.1. The lowest BCUT2D eigenvalue weighted by molar-refractivity contribution is -0.156. The molecule has 122 valence electrons. The van der Waals surface area contributed by atoms with Crippen LogP contribution in [0.1, 0.15) is 30.4 Å². The van der Waals surface area contributed by atoms with Gasteiger partial charge in [-0.1, -0.05) is 19.9 Å². The Morgan fingerprint density at radius 1 is 1.36 bits per heavy atom. The molecule has 0 fully saturated rings. The highest BCUT2D eigenvalue weighted by Gasteiger charge is 2.32. The predicted octanol–water partition coefficient (Wildman–Crippen LogP) is 0.454. The van der Waals surface area contributed by atoms with Crippen LogP contribution in [-0.2, 0) is 9.59 Å². The second-order valence-electron chi connectivity index (χ2n) is 5.47. The Morgan fingerprint density at radius 2 is 2.00 bits per heavy atom. The second-order valence-corrected chi connectivity index (χ2v) is 6.42. The van der Waals surface area contributed by atoms with Gasteiger partial charge in [0.2, 0.25) is 5.91 Å². The SMILES string of the molecule is CC(C)C(NC(=O)c1cccs1)C(=O)NCC(C)(O)C(=O)O. The fourth-order valence-electron chi connectivity index (χ4n) is 1.60. The molecule has 0 aliphatic heterocycles. The summed E-state index contributed by atoms with van der Waals surface area (Å²) in [5, 5.41) is 25.1. The molecule has 7 nitrogen and oxygen atoms in total. The van der Waals surface area contributed by atoms with Crippen LogP contribution in [0.4, 0.5) is 0 Å². The van der Waals surface area contributed by atoms with Crippen molar-refractivity contribution in [3.63, 3.8) is 0 Å². The van der Waals surface area contributed by atoms with E-state index in [0.29, 0.717) is 4.88 Å². The normalized spacial score (nSPS) is 15.0. The van der Waals surface area contributed by atoms with Gasteiger partial charge in [-0.3, -0.25) is 9.59 Å². The van der Waals surface area contributed by atoms with Crippen molar-refractivity contribution in [2.45, 2.75) is 32.4 Å². The average molecular weight is 328 g/mol. The summed E-state index contributed by atoms with van der Waals surface area (Å²) in [6, 6.07) is 2.55. The van der Waals surface area contributed by atoms with Crippen LogP contribution in [0.5, 0.6) is 0 Å². The number of nitrogens with one attached hydrogen (secondary N) is 2. The monoisotopic (exact) mass is 328 g/mol. The largest absolute Gasteiger partial charge is 0.479 e. The van der Waals surface area contributed by atoms with Gasteiger partial charge >= 0.3 is 5.97 Å². The summed E-state index contributed by atoms with van der Waals surface area (Å²) in [5.74, 6) is -2.54. The van der Waals surface area contributed by atoms with Crippen LogP contribution >= 0.6 is 11.3 Å². The van der Waals surface area contributed by atoms with E-state index < -0.39 is 30.1 Å². The van der Waals surface area contributed by atoms with Gasteiger partial charge in [0.05, 0.1) is 11.4 Å². The Morgan fingerprint density at radius 3 is 2.45 bits per heavy atom. The van der Waals surface area contributed by atoms with Crippen LogP contribution in [0.25, 0.3) is 0 Å². The van der Waals surface area contributed by atoms with Crippen molar-refractivity contribution in [3.8, 4) is 0 Å². The number of aliphatic carboxylic acids is 1. The molecule has 0 radical (unpaired) electrons. The van der Waals surface area contributed by atoms with E-state index >= 15 is 0 Å². The van der Waals surface area contributed by atoms with Crippen LogP contribution in [0.2, 0.25) is 0 Å². The summed E-state index contributed by atoms with van der Waals surface area (Å²) < 4.78 is 0. The number of carboxylic acids is 1. The Balaban J connectivity index is 2.69. The lowest BCUT2D eigenvalue weighted by Crippen LogP contribution is -2.54. The fourth-order valence-corrected chi connectivity index (χ4v) is 2.23.